The highest BCUT2D eigenvalue weighted by Crippen LogP contribution is 2.44. The van der Waals surface area contributed by atoms with E-state index in [1.807, 2.05) is 43.3 Å². The fourth-order valence-electron chi connectivity index (χ4n) is 3.80. The highest BCUT2D eigenvalue weighted by molar-refractivity contribution is 9.10. The quantitative estimate of drug-likeness (QED) is 0.570. The minimum absolute atomic E-state index is 0.273. The molecule has 3 aromatic rings. The van der Waals surface area contributed by atoms with Crippen molar-refractivity contribution in [3.8, 4) is 0 Å². The molecule has 0 radical (unpaired) electrons. The number of halogens is 1. The van der Waals surface area contributed by atoms with Crippen LogP contribution in [0.15, 0.2) is 77.3 Å². The molecule has 146 valence electrons. The van der Waals surface area contributed by atoms with Crippen molar-refractivity contribution < 1.29 is 14.7 Å². The van der Waals surface area contributed by atoms with Crippen LogP contribution in [0.4, 0.5) is 5.69 Å². The summed E-state index contributed by atoms with van der Waals surface area (Å²) < 4.78 is 0.743. The number of nitrogens with zero attached hydrogens (tertiary/aromatic N) is 1. The number of benzene rings is 3. The van der Waals surface area contributed by atoms with Gasteiger partial charge in [0.15, 0.2) is 11.4 Å². The number of aliphatic hydroxyl groups is 1. The lowest BCUT2D eigenvalue weighted by atomic mass is 9.88. The molecule has 1 heterocycles. The Kier molecular flexibility index (Phi) is 5.11. The molecule has 0 saturated heterocycles. The third-order valence-corrected chi connectivity index (χ3v) is 5.72. The Morgan fingerprint density at radius 1 is 1.03 bits per heavy atom. The van der Waals surface area contributed by atoms with Crippen LogP contribution < -0.4 is 4.90 Å². The van der Waals surface area contributed by atoms with E-state index in [1.54, 1.807) is 41.3 Å². The molecule has 1 unspecified atom stereocenters. The number of hydrogen-bond donors (Lipinski definition) is 1. The van der Waals surface area contributed by atoms with Crippen LogP contribution in [0.1, 0.15) is 33.5 Å². The molecule has 1 atom stereocenters. The maximum atomic E-state index is 13.4. The number of carbonyl (C=O) groups excluding carboxylic acids is 2. The number of amides is 1. The van der Waals surface area contributed by atoms with E-state index in [1.165, 1.54) is 0 Å². The van der Waals surface area contributed by atoms with Crippen molar-refractivity contribution in [2.24, 2.45) is 0 Å². The van der Waals surface area contributed by atoms with Gasteiger partial charge in [0.1, 0.15) is 0 Å². The molecule has 1 N–H and O–H groups in total. The number of Topliss-reactive ketones (excluding diaryl/α,β-unsaturated/α-hetero) is 1. The van der Waals surface area contributed by atoms with Crippen molar-refractivity contribution >= 4 is 33.3 Å². The second kappa shape index (κ2) is 7.58. The number of fused-ring (bicyclic) bond motifs is 1. The zero-order chi connectivity index (χ0) is 20.6. The Hall–Kier alpha value is -2.76. The summed E-state index contributed by atoms with van der Waals surface area (Å²) in [7, 11) is 0. The van der Waals surface area contributed by atoms with Crippen molar-refractivity contribution in [3.63, 3.8) is 0 Å². The second-order valence-corrected chi connectivity index (χ2v) is 8.28. The van der Waals surface area contributed by atoms with E-state index in [2.05, 4.69) is 15.9 Å². The third kappa shape index (κ3) is 3.63. The summed E-state index contributed by atoms with van der Waals surface area (Å²) in [5, 5.41) is 11.4. The highest BCUT2D eigenvalue weighted by Gasteiger charge is 2.51. The molecule has 4 nitrogen and oxygen atoms in total. The van der Waals surface area contributed by atoms with E-state index in [0.29, 0.717) is 23.4 Å². The second-order valence-electron chi connectivity index (χ2n) is 7.37. The fourth-order valence-corrected chi connectivity index (χ4v) is 4.16. The fraction of sp³-hybridized carbons (Fsp3) is 0.167. The average Bonchev–Trinajstić information content (AvgIpc) is 2.90. The molecular weight excluding hydrogens is 430 g/mol. The van der Waals surface area contributed by atoms with Gasteiger partial charge in [-0.25, -0.2) is 0 Å². The van der Waals surface area contributed by atoms with Crippen molar-refractivity contribution in [1.82, 2.24) is 0 Å². The lowest BCUT2D eigenvalue weighted by Gasteiger charge is -2.23. The summed E-state index contributed by atoms with van der Waals surface area (Å²) >= 11 is 3.42. The number of aryl methyl sites for hydroxylation is 1. The maximum absolute atomic E-state index is 13.4. The third-order valence-electron chi connectivity index (χ3n) is 5.23. The van der Waals surface area contributed by atoms with Gasteiger partial charge >= 0.3 is 0 Å². The first kappa shape index (κ1) is 19.6. The van der Waals surface area contributed by atoms with Gasteiger partial charge in [0.2, 0.25) is 0 Å². The topological polar surface area (TPSA) is 57.6 Å². The van der Waals surface area contributed by atoms with Crippen LogP contribution in [-0.2, 0) is 16.9 Å². The first-order valence-electron chi connectivity index (χ1n) is 9.37. The Bertz CT molecular complexity index is 1100. The van der Waals surface area contributed by atoms with Gasteiger partial charge in [-0.2, -0.15) is 0 Å². The molecule has 0 saturated carbocycles. The standard InChI is InChI=1S/C24H20BrNO3/c1-16-6-5-7-17(12-16)15-26-21-11-10-19(25)13-20(21)24(29,23(26)28)14-22(27)18-8-3-2-4-9-18/h2-13,29H,14-15H2,1H3. The molecule has 29 heavy (non-hydrogen) atoms. The van der Waals surface area contributed by atoms with Gasteiger partial charge in [-0.1, -0.05) is 76.1 Å². The van der Waals surface area contributed by atoms with Crippen molar-refractivity contribution in [1.29, 1.82) is 0 Å². The average molecular weight is 450 g/mol. The zero-order valence-electron chi connectivity index (χ0n) is 15.9. The van der Waals surface area contributed by atoms with Crippen molar-refractivity contribution in [2.75, 3.05) is 4.90 Å². The van der Waals surface area contributed by atoms with Crippen molar-refractivity contribution in [2.45, 2.75) is 25.5 Å². The summed E-state index contributed by atoms with van der Waals surface area (Å²) in [6, 6.07) is 22.0. The van der Waals surface area contributed by atoms with Gasteiger partial charge in [0.05, 0.1) is 18.7 Å². The molecule has 0 aromatic heterocycles. The van der Waals surface area contributed by atoms with E-state index in [0.717, 1.165) is 15.6 Å². The van der Waals surface area contributed by atoms with Crippen LogP contribution in [0, 0.1) is 6.92 Å². The van der Waals surface area contributed by atoms with Gasteiger partial charge in [-0.15, -0.1) is 0 Å². The Morgan fingerprint density at radius 2 is 1.79 bits per heavy atom. The zero-order valence-corrected chi connectivity index (χ0v) is 17.5. The number of rotatable bonds is 5. The molecule has 0 aliphatic carbocycles. The first-order valence-corrected chi connectivity index (χ1v) is 10.2. The van der Waals surface area contributed by atoms with Gasteiger partial charge in [0, 0.05) is 15.6 Å². The Morgan fingerprint density at radius 3 is 2.52 bits per heavy atom. The summed E-state index contributed by atoms with van der Waals surface area (Å²) in [6.45, 7) is 2.33. The summed E-state index contributed by atoms with van der Waals surface area (Å²) in [4.78, 5) is 27.7. The molecule has 3 aromatic carbocycles. The normalized spacial score (nSPS) is 18.0. The van der Waals surface area contributed by atoms with Crippen LogP contribution in [0.25, 0.3) is 0 Å². The lowest BCUT2D eigenvalue weighted by Crippen LogP contribution is -2.41. The van der Waals surface area contributed by atoms with E-state index in [4.69, 9.17) is 0 Å². The Balaban J connectivity index is 1.72. The molecule has 5 heteroatoms. The Labute approximate surface area is 177 Å². The summed E-state index contributed by atoms with van der Waals surface area (Å²) in [5.41, 5.74) is 1.72. The van der Waals surface area contributed by atoms with Gasteiger partial charge < -0.3 is 10.0 Å². The van der Waals surface area contributed by atoms with Gasteiger partial charge in [-0.3, -0.25) is 9.59 Å². The largest absolute Gasteiger partial charge is 0.375 e. The van der Waals surface area contributed by atoms with E-state index in [-0.39, 0.29) is 12.2 Å². The smallest absolute Gasteiger partial charge is 0.264 e. The molecule has 1 aliphatic rings. The van der Waals surface area contributed by atoms with Crippen LogP contribution >= 0.6 is 15.9 Å². The predicted molar refractivity (Wildman–Crippen MR) is 116 cm³/mol. The number of hydrogen-bond acceptors (Lipinski definition) is 3. The minimum atomic E-state index is -1.89. The maximum Gasteiger partial charge on any atom is 0.264 e. The predicted octanol–water partition coefficient (Wildman–Crippen LogP) is 4.76. The molecule has 4 rings (SSSR count). The van der Waals surface area contributed by atoms with Crippen LogP contribution in [-0.4, -0.2) is 16.8 Å². The van der Waals surface area contributed by atoms with Gasteiger partial charge in [-0.05, 0) is 30.7 Å². The minimum Gasteiger partial charge on any atom is -0.375 e. The summed E-state index contributed by atoms with van der Waals surface area (Å²) in [5.74, 6) is -0.749. The lowest BCUT2D eigenvalue weighted by molar-refractivity contribution is -0.136. The SMILES string of the molecule is Cc1cccc(CN2C(=O)C(O)(CC(=O)c3ccccc3)c3cc(Br)ccc32)c1. The van der Waals surface area contributed by atoms with E-state index >= 15 is 0 Å². The van der Waals surface area contributed by atoms with Gasteiger partial charge in [0.25, 0.3) is 5.91 Å². The number of ketones is 1. The molecule has 1 amide bonds. The molecule has 1 aliphatic heterocycles. The van der Waals surface area contributed by atoms with Crippen LogP contribution in [0.5, 0.6) is 0 Å². The van der Waals surface area contributed by atoms with Crippen LogP contribution in [0.3, 0.4) is 0 Å². The van der Waals surface area contributed by atoms with Crippen molar-refractivity contribution in [3.05, 3.63) is 99.5 Å². The van der Waals surface area contributed by atoms with E-state index in [9.17, 15) is 14.7 Å². The summed E-state index contributed by atoms with van der Waals surface area (Å²) in [6.07, 6.45) is -0.302. The monoisotopic (exact) mass is 449 g/mol. The number of anilines is 1. The molecule has 0 bridgehead atoms. The molecular formula is C24H20BrNO3. The first-order chi connectivity index (χ1) is 13.9. The molecule has 0 spiro atoms. The van der Waals surface area contributed by atoms with E-state index < -0.39 is 11.5 Å². The highest BCUT2D eigenvalue weighted by atomic mass is 79.9. The molecule has 0 fully saturated rings. The number of carbonyl (C=O) groups is 2. The van der Waals surface area contributed by atoms with Crippen LogP contribution in [0.2, 0.25) is 0 Å².